The lowest BCUT2D eigenvalue weighted by atomic mass is 10.3. The molecule has 5 nitrogen and oxygen atoms in total. The second-order valence-electron chi connectivity index (χ2n) is 3.98. The second-order valence-corrected chi connectivity index (χ2v) is 4.39. The SMILES string of the molecule is CCNC(C)c1nnc(Nc2ccc(Cl)c(F)c2)o1. The molecule has 0 spiro atoms. The number of nitrogens with one attached hydrogen (secondary N) is 2. The molecule has 0 fully saturated rings. The standard InChI is InChI=1S/C12H14ClFN4O/c1-3-15-7(2)11-17-18-12(19-11)16-8-4-5-9(13)10(14)6-8/h4-7,15H,3H2,1-2H3,(H,16,18). The Morgan fingerprint density at radius 2 is 2.21 bits per heavy atom. The summed E-state index contributed by atoms with van der Waals surface area (Å²) >= 11 is 5.60. The average Bonchev–Trinajstić information content (AvgIpc) is 2.83. The van der Waals surface area contributed by atoms with Crippen LogP contribution in [0.3, 0.4) is 0 Å². The molecule has 0 aliphatic heterocycles. The lowest BCUT2D eigenvalue weighted by Crippen LogP contribution is -2.17. The quantitative estimate of drug-likeness (QED) is 0.882. The zero-order valence-electron chi connectivity index (χ0n) is 10.6. The van der Waals surface area contributed by atoms with Gasteiger partial charge in [0.2, 0.25) is 5.89 Å². The highest BCUT2D eigenvalue weighted by Crippen LogP contribution is 2.22. The van der Waals surface area contributed by atoms with Crippen molar-refractivity contribution in [3.63, 3.8) is 0 Å². The molecule has 0 aliphatic carbocycles. The minimum atomic E-state index is -0.507. The molecule has 0 aliphatic rings. The summed E-state index contributed by atoms with van der Waals surface area (Å²) in [5, 5.41) is 13.8. The molecule has 1 unspecified atom stereocenters. The van der Waals surface area contributed by atoms with E-state index >= 15 is 0 Å². The first-order valence-electron chi connectivity index (χ1n) is 5.89. The summed E-state index contributed by atoms with van der Waals surface area (Å²) in [7, 11) is 0. The monoisotopic (exact) mass is 284 g/mol. The van der Waals surface area contributed by atoms with Crippen molar-refractivity contribution in [1.82, 2.24) is 15.5 Å². The molecule has 19 heavy (non-hydrogen) atoms. The van der Waals surface area contributed by atoms with Gasteiger partial charge in [-0.15, -0.1) is 5.10 Å². The lowest BCUT2D eigenvalue weighted by molar-refractivity contribution is 0.430. The van der Waals surface area contributed by atoms with Crippen LogP contribution in [0.5, 0.6) is 0 Å². The number of aromatic nitrogens is 2. The molecule has 1 heterocycles. The van der Waals surface area contributed by atoms with Crippen LogP contribution in [0.4, 0.5) is 16.1 Å². The predicted octanol–water partition coefficient (Wildman–Crippen LogP) is 3.28. The van der Waals surface area contributed by atoms with Crippen LogP contribution in [0, 0.1) is 5.82 Å². The van der Waals surface area contributed by atoms with Crippen molar-refractivity contribution in [2.75, 3.05) is 11.9 Å². The first-order chi connectivity index (χ1) is 9.10. The maximum atomic E-state index is 13.3. The Morgan fingerprint density at radius 1 is 1.42 bits per heavy atom. The molecule has 1 atom stereocenters. The predicted molar refractivity (Wildman–Crippen MR) is 71.1 cm³/mol. The third-order valence-corrected chi connectivity index (χ3v) is 2.80. The van der Waals surface area contributed by atoms with E-state index in [1.807, 2.05) is 13.8 Å². The fourth-order valence-corrected chi connectivity index (χ4v) is 1.67. The molecular weight excluding hydrogens is 271 g/mol. The topological polar surface area (TPSA) is 63.0 Å². The van der Waals surface area contributed by atoms with Gasteiger partial charge in [0.15, 0.2) is 0 Å². The highest BCUT2D eigenvalue weighted by Gasteiger charge is 2.13. The van der Waals surface area contributed by atoms with Crippen LogP contribution in [0.2, 0.25) is 5.02 Å². The number of hydrogen-bond donors (Lipinski definition) is 2. The molecular formula is C12H14ClFN4O. The van der Waals surface area contributed by atoms with Gasteiger partial charge in [-0.05, 0) is 31.7 Å². The highest BCUT2D eigenvalue weighted by atomic mass is 35.5. The van der Waals surface area contributed by atoms with Crippen molar-refractivity contribution < 1.29 is 8.81 Å². The Kier molecular flexibility index (Phi) is 4.34. The average molecular weight is 285 g/mol. The fourth-order valence-electron chi connectivity index (χ4n) is 1.55. The summed E-state index contributed by atoms with van der Waals surface area (Å²) in [6.07, 6.45) is 0. The summed E-state index contributed by atoms with van der Waals surface area (Å²) in [5.74, 6) is -0.0359. The number of halogens is 2. The van der Waals surface area contributed by atoms with Crippen molar-refractivity contribution in [2.24, 2.45) is 0 Å². The molecule has 2 rings (SSSR count). The Labute approximate surface area is 115 Å². The first-order valence-corrected chi connectivity index (χ1v) is 6.26. The second kappa shape index (κ2) is 5.99. The van der Waals surface area contributed by atoms with Crippen LogP contribution in [-0.2, 0) is 0 Å². The molecule has 102 valence electrons. The van der Waals surface area contributed by atoms with E-state index in [0.29, 0.717) is 11.6 Å². The van der Waals surface area contributed by atoms with Gasteiger partial charge in [-0.2, -0.15) is 0 Å². The molecule has 1 aromatic heterocycles. The number of nitrogens with zero attached hydrogens (tertiary/aromatic N) is 2. The summed E-state index contributed by atoms with van der Waals surface area (Å²) in [6, 6.07) is 4.53. The number of anilines is 2. The van der Waals surface area contributed by atoms with E-state index in [9.17, 15) is 4.39 Å². The third kappa shape index (κ3) is 3.42. The van der Waals surface area contributed by atoms with Gasteiger partial charge in [-0.3, -0.25) is 0 Å². The minimum absolute atomic E-state index is 0.0324. The molecule has 2 N–H and O–H groups in total. The van der Waals surface area contributed by atoms with E-state index in [4.69, 9.17) is 16.0 Å². The molecule has 0 bridgehead atoms. The fraction of sp³-hybridized carbons (Fsp3) is 0.333. The van der Waals surface area contributed by atoms with Crippen LogP contribution < -0.4 is 10.6 Å². The van der Waals surface area contributed by atoms with Gasteiger partial charge in [-0.25, -0.2) is 4.39 Å². The minimum Gasteiger partial charge on any atom is -0.406 e. The smallest absolute Gasteiger partial charge is 0.320 e. The van der Waals surface area contributed by atoms with E-state index in [0.717, 1.165) is 6.54 Å². The number of benzene rings is 1. The van der Waals surface area contributed by atoms with Crippen LogP contribution in [0.25, 0.3) is 0 Å². The van der Waals surface area contributed by atoms with Crippen molar-refractivity contribution in [3.8, 4) is 0 Å². The molecule has 2 aromatic rings. The van der Waals surface area contributed by atoms with Gasteiger partial charge in [0.05, 0.1) is 11.1 Å². The first kappa shape index (κ1) is 13.8. The van der Waals surface area contributed by atoms with Gasteiger partial charge in [0, 0.05) is 5.69 Å². The zero-order chi connectivity index (χ0) is 13.8. The Balaban J connectivity index is 2.09. The van der Waals surface area contributed by atoms with Gasteiger partial charge in [0.1, 0.15) is 5.82 Å². The van der Waals surface area contributed by atoms with Crippen LogP contribution in [0.1, 0.15) is 25.8 Å². The van der Waals surface area contributed by atoms with Crippen molar-refractivity contribution >= 4 is 23.3 Å². The van der Waals surface area contributed by atoms with Crippen molar-refractivity contribution in [3.05, 3.63) is 34.9 Å². The number of hydrogen-bond acceptors (Lipinski definition) is 5. The highest BCUT2D eigenvalue weighted by molar-refractivity contribution is 6.30. The van der Waals surface area contributed by atoms with Gasteiger partial charge in [0.25, 0.3) is 0 Å². The molecule has 0 amide bonds. The van der Waals surface area contributed by atoms with Gasteiger partial charge in [-0.1, -0.05) is 23.6 Å². The normalized spacial score (nSPS) is 12.4. The molecule has 0 saturated carbocycles. The number of rotatable bonds is 5. The summed E-state index contributed by atoms with van der Waals surface area (Å²) in [6.45, 7) is 4.71. The van der Waals surface area contributed by atoms with Crippen molar-refractivity contribution in [2.45, 2.75) is 19.9 Å². The maximum Gasteiger partial charge on any atom is 0.320 e. The largest absolute Gasteiger partial charge is 0.406 e. The van der Waals surface area contributed by atoms with E-state index in [2.05, 4.69) is 20.8 Å². The summed E-state index contributed by atoms with van der Waals surface area (Å²) < 4.78 is 18.7. The lowest BCUT2D eigenvalue weighted by Gasteiger charge is -2.06. The maximum absolute atomic E-state index is 13.3. The van der Waals surface area contributed by atoms with Crippen LogP contribution >= 0.6 is 11.6 Å². The third-order valence-electron chi connectivity index (χ3n) is 2.49. The zero-order valence-corrected chi connectivity index (χ0v) is 11.3. The molecule has 1 aromatic carbocycles. The van der Waals surface area contributed by atoms with E-state index < -0.39 is 5.82 Å². The van der Waals surface area contributed by atoms with Crippen LogP contribution in [-0.4, -0.2) is 16.7 Å². The van der Waals surface area contributed by atoms with E-state index in [-0.39, 0.29) is 17.1 Å². The van der Waals surface area contributed by atoms with Crippen molar-refractivity contribution in [1.29, 1.82) is 0 Å². The molecule has 0 radical (unpaired) electrons. The summed E-state index contributed by atoms with van der Waals surface area (Å²) in [4.78, 5) is 0. The van der Waals surface area contributed by atoms with Crippen LogP contribution in [0.15, 0.2) is 22.6 Å². The van der Waals surface area contributed by atoms with E-state index in [1.54, 1.807) is 6.07 Å². The Morgan fingerprint density at radius 3 is 2.89 bits per heavy atom. The van der Waals surface area contributed by atoms with Gasteiger partial charge < -0.3 is 15.1 Å². The summed E-state index contributed by atoms with van der Waals surface area (Å²) in [5.41, 5.74) is 0.494. The Bertz CT molecular complexity index is 560. The van der Waals surface area contributed by atoms with E-state index in [1.165, 1.54) is 12.1 Å². The molecule has 7 heteroatoms. The molecule has 0 saturated heterocycles. The van der Waals surface area contributed by atoms with Gasteiger partial charge >= 0.3 is 6.01 Å². The Hall–Kier alpha value is -1.66.